The standard InChI is InChI=1S/C22H26N2O6S/c1-29-20-12-11-16(31(27,28)24-13-7-3-4-8-14-24)15-18(20)21(25)23-19-10-6-5-9-17(19)22(26)30-2/h5-6,9-12,15H,3-4,7-8,13-14H2,1-2H3,(H,23,25). The molecular formula is C22H26N2O6S. The van der Waals surface area contributed by atoms with Gasteiger partial charge in [0.2, 0.25) is 10.0 Å². The molecule has 0 aromatic heterocycles. The second-order valence-corrected chi connectivity index (χ2v) is 9.11. The molecule has 31 heavy (non-hydrogen) atoms. The zero-order valence-electron chi connectivity index (χ0n) is 17.6. The summed E-state index contributed by atoms with van der Waals surface area (Å²) in [7, 11) is -1.09. The fraction of sp³-hybridized carbons (Fsp3) is 0.364. The molecule has 166 valence electrons. The monoisotopic (exact) mass is 446 g/mol. The molecule has 0 saturated carbocycles. The van der Waals surface area contributed by atoms with Crippen LogP contribution >= 0.6 is 0 Å². The normalized spacial score (nSPS) is 15.0. The highest BCUT2D eigenvalue weighted by atomic mass is 32.2. The zero-order chi connectivity index (χ0) is 22.4. The van der Waals surface area contributed by atoms with Crippen molar-refractivity contribution >= 4 is 27.6 Å². The number of nitrogens with zero attached hydrogens (tertiary/aromatic N) is 1. The number of rotatable bonds is 6. The van der Waals surface area contributed by atoms with Gasteiger partial charge in [-0.25, -0.2) is 13.2 Å². The fourth-order valence-electron chi connectivity index (χ4n) is 3.53. The highest BCUT2D eigenvalue weighted by Gasteiger charge is 2.27. The van der Waals surface area contributed by atoms with Crippen molar-refractivity contribution in [3.8, 4) is 5.75 Å². The van der Waals surface area contributed by atoms with Crippen LogP contribution in [0, 0.1) is 0 Å². The summed E-state index contributed by atoms with van der Waals surface area (Å²) >= 11 is 0. The largest absolute Gasteiger partial charge is 0.496 e. The lowest BCUT2D eigenvalue weighted by molar-refractivity contribution is 0.0602. The average molecular weight is 447 g/mol. The quantitative estimate of drug-likeness (QED) is 0.683. The van der Waals surface area contributed by atoms with E-state index >= 15 is 0 Å². The third-order valence-corrected chi connectivity index (χ3v) is 7.09. The molecule has 1 aliphatic heterocycles. The number of amides is 1. The Hall–Kier alpha value is -2.91. The molecule has 0 aliphatic carbocycles. The number of ether oxygens (including phenoxy) is 2. The topological polar surface area (TPSA) is 102 Å². The molecule has 0 atom stereocenters. The van der Waals surface area contributed by atoms with Crippen LogP contribution in [0.1, 0.15) is 46.4 Å². The summed E-state index contributed by atoms with van der Waals surface area (Å²) in [6.45, 7) is 0.921. The summed E-state index contributed by atoms with van der Waals surface area (Å²) in [5.74, 6) is -0.968. The van der Waals surface area contributed by atoms with Crippen LogP contribution in [0.5, 0.6) is 5.75 Å². The van der Waals surface area contributed by atoms with E-state index in [0.29, 0.717) is 13.1 Å². The minimum Gasteiger partial charge on any atom is -0.496 e. The first kappa shape index (κ1) is 22.8. The van der Waals surface area contributed by atoms with E-state index in [1.54, 1.807) is 18.2 Å². The molecule has 1 aliphatic rings. The van der Waals surface area contributed by atoms with Gasteiger partial charge in [-0.1, -0.05) is 25.0 Å². The second kappa shape index (κ2) is 9.93. The molecule has 9 heteroatoms. The first-order valence-corrected chi connectivity index (χ1v) is 11.5. The second-order valence-electron chi connectivity index (χ2n) is 7.17. The van der Waals surface area contributed by atoms with Gasteiger partial charge < -0.3 is 14.8 Å². The number of carbonyl (C=O) groups is 2. The van der Waals surface area contributed by atoms with Crippen LogP contribution in [-0.2, 0) is 14.8 Å². The van der Waals surface area contributed by atoms with Gasteiger partial charge in [-0.05, 0) is 43.2 Å². The molecule has 2 aromatic carbocycles. The molecular weight excluding hydrogens is 420 g/mol. The van der Waals surface area contributed by atoms with Crippen molar-refractivity contribution in [1.82, 2.24) is 4.31 Å². The lowest BCUT2D eigenvalue weighted by atomic mass is 10.1. The minimum absolute atomic E-state index is 0.0293. The molecule has 0 spiro atoms. The predicted octanol–water partition coefficient (Wildman–Crippen LogP) is 3.30. The number of hydrogen-bond donors (Lipinski definition) is 1. The molecule has 1 fully saturated rings. The molecule has 0 unspecified atom stereocenters. The van der Waals surface area contributed by atoms with Gasteiger partial charge in [-0.2, -0.15) is 4.31 Å². The maximum Gasteiger partial charge on any atom is 0.339 e. The Morgan fingerprint density at radius 1 is 0.935 bits per heavy atom. The number of methoxy groups -OCH3 is 2. The molecule has 8 nitrogen and oxygen atoms in total. The number of carbonyl (C=O) groups excluding carboxylic acids is 2. The van der Waals surface area contributed by atoms with Gasteiger partial charge in [-0.3, -0.25) is 4.79 Å². The Balaban J connectivity index is 1.94. The Morgan fingerprint density at radius 2 is 1.61 bits per heavy atom. The number of esters is 1. The maximum atomic E-state index is 13.1. The molecule has 1 heterocycles. The van der Waals surface area contributed by atoms with Crippen LogP contribution in [0.4, 0.5) is 5.69 Å². The first-order valence-electron chi connectivity index (χ1n) is 10.1. The van der Waals surface area contributed by atoms with Crippen molar-refractivity contribution in [2.24, 2.45) is 0 Å². The number of hydrogen-bond acceptors (Lipinski definition) is 6. The van der Waals surface area contributed by atoms with E-state index in [9.17, 15) is 18.0 Å². The van der Waals surface area contributed by atoms with Gasteiger partial charge in [-0.15, -0.1) is 0 Å². The van der Waals surface area contributed by atoms with Gasteiger partial charge in [0.25, 0.3) is 5.91 Å². The van der Waals surface area contributed by atoms with Gasteiger partial charge in [0.1, 0.15) is 5.75 Å². The molecule has 1 saturated heterocycles. The smallest absolute Gasteiger partial charge is 0.339 e. The average Bonchev–Trinajstić information content (AvgIpc) is 3.08. The van der Waals surface area contributed by atoms with Crippen LogP contribution in [0.15, 0.2) is 47.4 Å². The van der Waals surface area contributed by atoms with E-state index in [1.165, 1.54) is 42.8 Å². The lowest BCUT2D eigenvalue weighted by Gasteiger charge is -2.21. The summed E-state index contributed by atoms with van der Waals surface area (Å²) in [6.07, 6.45) is 3.63. The lowest BCUT2D eigenvalue weighted by Crippen LogP contribution is -2.32. The van der Waals surface area contributed by atoms with Crippen molar-refractivity contribution in [2.45, 2.75) is 30.6 Å². The van der Waals surface area contributed by atoms with Crippen LogP contribution in [0.25, 0.3) is 0 Å². The highest BCUT2D eigenvalue weighted by molar-refractivity contribution is 7.89. The zero-order valence-corrected chi connectivity index (χ0v) is 18.4. The number of sulfonamides is 1. The predicted molar refractivity (Wildman–Crippen MR) is 116 cm³/mol. The van der Waals surface area contributed by atoms with Crippen LogP contribution in [-0.4, -0.2) is 51.9 Å². The van der Waals surface area contributed by atoms with Gasteiger partial charge in [0.15, 0.2) is 0 Å². The van der Waals surface area contributed by atoms with Crippen molar-refractivity contribution < 1.29 is 27.5 Å². The Bertz CT molecular complexity index is 1060. The van der Waals surface area contributed by atoms with E-state index in [0.717, 1.165) is 25.7 Å². The van der Waals surface area contributed by atoms with Crippen LogP contribution in [0.2, 0.25) is 0 Å². The highest BCUT2D eigenvalue weighted by Crippen LogP contribution is 2.27. The third-order valence-electron chi connectivity index (χ3n) is 5.20. The number of para-hydroxylation sites is 1. The Kier molecular flexibility index (Phi) is 7.29. The van der Waals surface area contributed by atoms with Crippen molar-refractivity contribution in [1.29, 1.82) is 0 Å². The Labute approximate surface area is 182 Å². The SMILES string of the molecule is COC(=O)c1ccccc1NC(=O)c1cc(S(=O)(=O)N2CCCCCC2)ccc1OC. The number of anilines is 1. The summed E-state index contributed by atoms with van der Waals surface area (Å²) in [6, 6.07) is 10.6. The van der Waals surface area contributed by atoms with Crippen molar-refractivity contribution in [3.05, 3.63) is 53.6 Å². The first-order chi connectivity index (χ1) is 14.9. The van der Waals surface area contributed by atoms with E-state index in [-0.39, 0.29) is 27.5 Å². The van der Waals surface area contributed by atoms with Gasteiger partial charge in [0, 0.05) is 13.1 Å². The fourth-order valence-corrected chi connectivity index (χ4v) is 5.07. The van der Waals surface area contributed by atoms with E-state index in [4.69, 9.17) is 9.47 Å². The van der Waals surface area contributed by atoms with Gasteiger partial charge in [0.05, 0.1) is 35.9 Å². The van der Waals surface area contributed by atoms with E-state index < -0.39 is 21.9 Å². The number of nitrogens with one attached hydrogen (secondary N) is 1. The summed E-state index contributed by atoms with van der Waals surface area (Å²) in [4.78, 5) is 25.0. The van der Waals surface area contributed by atoms with Crippen LogP contribution in [0.3, 0.4) is 0 Å². The molecule has 2 aromatic rings. The molecule has 3 rings (SSSR count). The molecule has 1 amide bonds. The van der Waals surface area contributed by atoms with Crippen LogP contribution < -0.4 is 10.1 Å². The molecule has 0 radical (unpaired) electrons. The van der Waals surface area contributed by atoms with E-state index in [2.05, 4.69) is 5.32 Å². The summed E-state index contributed by atoms with van der Waals surface area (Å²) in [5, 5.41) is 2.66. The maximum absolute atomic E-state index is 13.1. The Morgan fingerprint density at radius 3 is 2.26 bits per heavy atom. The number of benzene rings is 2. The molecule has 0 bridgehead atoms. The van der Waals surface area contributed by atoms with Crippen molar-refractivity contribution in [2.75, 3.05) is 32.6 Å². The minimum atomic E-state index is -3.74. The molecule has 1 N–H and O–H groups in total. The summed E-state index contributed by atoms with van der Waals surface area (Å²) in [5.41, 5.74) is 0.492. The van der Waals surface area contributed by atoms with E-state index in [1.807, 2.05) is 0 Å². The summed E-state index contributed by atoms with van der Waals surface area (Å²) < 4.78 is 37.8. The van der Waals surface area contributed by atoms with Gasteiger partial charge >= 0.3 is 5.97 Å². The van der Waals surface area contributed by atoms with Crippen molar-refractivity contribution in [3.63, 3.8) is 0 Å². The third kappa shape index (κ3) is 5.05.